The van der Waals surface area contributed by atoms with E-state index in [-0.39, 0.29) is 29.4 Å². The molecule has 1 aliphatic carbocycles. The molecule has 2 N–H and O–H groups in total. The molecule has 12 heteroatoms. The normalized spacial score (nSPS) is 19.2. The van der Waals surface area contributed by atoms with E-state index in [0.717, 1.165) is 28.0 Å². The van der Waals surface area contributed by atoms with Gasteiger partial charge in [0.15, 0.2) is 0 Å². The molecule has 208 valence electrons. The van der Waals surface area contributed by atoms with Crippen LogP contribution in [0.4, 0.5) is 19.0 Å². The van der Waals surface area contributed by atoms with Crippen molar-refractivity contribution < 1.29 is 23.0 Å². The number of aliphatic hydroxyl groups excluding tert-OH is 1. The molecule has 1 saturated carbocycles. The lowest BCUT2D eigenvalue weighted by Crippen LogP contribution is -2.35. The average Bonchev–Trinajstić information content (AvgIpc) is 3.48. The van der Waals surface area contributed by atoms with Gasteiger partial charge in [-0.15, -0.1) is 23.7 Å². The first-order chi connectivity index (χ1) is 18.2. The van der Waals surface area contributed by atoms with E-state index in [4.69, 9.17) is 4.74 Å². The molecule has 4 aromatic rings. The number of thiophene rings is 1. The third-order valence-electron chi connectivity index (χ3n) is 6.92. The molecule has 3 aromatic heterocycles. The number of pyridine rings is 1. The topological polar surface area (TPSA) is 83.4 Å². The zero-order valence-electron chi connectivity index (χ0n) is 21.4. The number of aromatic nitrogens is 3. The third kappa shape index (κ3) is 6.78. The molecule has 39 heavy (non-hydrogen) atoms. The van der Waals surface area contributed by atoms with E-state index in [0.29, 0.717) is 41.2 Å². The summed E-state index contributed by atoms with van der Waals surface area (Å²) in [6.07, 6.45) is 0.235. The highest BCUT2D eigenvalue weighted by Crippen LogP contribution is 2.36. The highest BCUT2D eigenvalue weighted by molar-refractivity contribution is 7.18. The first kappa shape index (κ1) is 29.0. The number of hydrogen-bond donors (Lipinski definition) is 2. The van der Waals surface area contributed by atoms with Gasteiger partial charge in [0, 0.05) is 42.3 Å². The summed E-state index contributed by atoms with van der Waals surface area (Å²) >= 11 is 1.04. The molecule has 0 saturated heterocycles. The van der Waals surface area contributed by atoms with Crippen LogP contribution in [0.1, 0.15) is 23.3 Å². The van der Waals surface area contributed by atoms with Crippen LogP contribution < -0.4 is 15.0 Å². The lowest BCUT2D eigenvalue weighted by Gasteiger charge is -2.26. The quantitative estimate of drug-likeness (QED) is 0.289. The molecule has 0 spiro atoms. The number of ether oxygens (including phenoxy) is 1. The number of anilines is 1. The number of nitrogens with one attached hydrogen (secondary N) is 1. The largest absolute Gasteiger partial charge is 0.495 e. The lowest BCUT2D eigenvalue weighted by atomic mass is 10.1. The molecule has 3 atom stereocenters. The molecule has 1 fully saturated rings. The molecule has 3 heterocycles. The van der Waals surface area contributed by atoms with Crippen LogP contribution in [-0.4, -0.2) is 58.6 Å². The van der Waals surface area contributed by atoms with E-state index in [9.17, 15) is 18.3 Å². The predicted octanol–water partition coefficient (Wildman–Crippen LogP) is 5.41. The summed E-state index contributed by atoms with van der Waals surface area (Å²) < 4.78 is 44.0. The standard InChI is InChI=1S/C27H28F3N5O2S.ClH/c1-35(25-22-10-21(11-27(28,29)30)38-26(22)34-15-33-25)19-8-23(24(36)9-19)32-12-16-3-5-17(6-4-16)18-7-20(37-2)14-31-13-18;/h3-7,10,13-15,19,23-24,32,36H,8-9,11-12H2,1-2H3;1H/t19-,23+,24+;/m0./s1. The predicted molar refractivity (Wildman–Crippen MR) is 149 cm³/mol. The SMILES string of the molecule is COc1cncc(-c2ccc(CN[C@@H]3C[C@H](N(C)c4ncnc5sc(CC(F)(F)F)cc45)C[C@H]3O)cc2)c1.Cl. The summed E-state index contributed by atoms with van der Waals surface area (Å²) in [5.41, 5.74) is 3.09. The highest BCUT2D eigenvalue weighted by Gasteiger charge is 2.36. The van der Waals surface area contributed by atoms with E-state index >= 15 is 0 Å². The molecule has 7 nitrogen and oxygen atoms in total. The fourth-order valence-electron chi connectivity index (χ4n) is 4.91. The van der Waals surface area contributed by atoms with Crippen LogP contribution in [0.2, 0.25) is 0 Å². The van der Waals surface area contributed by atoms with Gasteiger partial charge in [0.2, 0.25) is 0 Å². The van der Waals surface area contributed by atoms with Crippen molar-refractivity contribution in [3.8, 4) is 16.9 Å². The van der Waals surface area contributed by atoms with Crippen molar-refractivity contribution in [3.63, 3.8) is 0 Å². The molecule has 0 bridgehead atoms. The van der Waals surface area contributed by atoms with Gasteiger partial charge in [-0.3, -0.25) is 4.98 Å². The maximum atomic E-state index is 12.9. The highest BCUT2D eigenvalue weighted by atomic mass is 35.5. The van der Waals surface area contributed by atoms with Crippen molar-refractivity contribution in [3.05, 3.63) is 65.6 Å². The Hall–Kier alpha value is -2.99. The van der Waals surface area contributed by atoms with Gasteiger partial charge < -0.3 is 20.1 Å². The fraction of sp³-hybridized carbons (Fsp3) is 0.370. The minimum Gasteiger partial charge on any atom is -0.495 e. The number of methoxy groups -OCH3 is 1. The van der Waals surface area contributed by atoms with Gasteiger partial charge in [-0.05, 0) is 36.1 Å². The van der Waals surface area contributed by atoms with Crippen LogP contribution in [0.25, 0.3) is 21.3 Å². The van der Waals surface area contributed by atoms with Crippen molar-refractivity contribution in [2.24, 2.45) is 0 Å². The van der Waals surface area contributed by atoms with E-state index in [1.165, 1.54) is 12.4 Å². The van der Waals surface area contributed by atoms with E-state index < -0.39 is 18.7 Å². The third-order valence-corrected chi connectivity index (χ3v) is 7.97. The van der Waals surface area contributed by atoms with Gasteiger partial charge in [-0.1, -0.05) is 24.3 Å². The number of aliphatic hydroxyl groups is 1. The maximum absolute atomic E-state index is 12.9. The molecule has 0 unspecified atom stereocenters. The smallest absolute Gasteiger partial charge is 0.393 e. The first-order valence-electron chi connectivity index (χ1n) is 12.2. The van der Waals surface area contributed by atoms with Gasteiger partial charge in [-0.25, -0.2) is 9.97 Å². The van der Waals surface area contributed by atoms with Gasteiger partial charge in [-0.2, -0.15) is 13.2 Å². The fourth-order valence-corrected chi connectivity index (χ4v) is 5.93. The molecule has 1 aliphatic rings. The number of hydrogen-bond acceptors (Lipinski definition) is 8. The number of fused-ring (bicyclic) bond motifs is 1. The number of nitrogens with zero attached hydrogens (tertiary/aromatic N) is 4. The number of halogens is 4. The second-order valence-corrected chi connectivity index (χ2v) is 10.6. The molecular formula is C27H29ClF3N5O2S. The minimum absolute atomic E-state index is 0. The van der Waals surface area contributed by atoms with E-state index in [2.05, 4.69) is 20.3 Å². The van der Waals surface area contributed by atoms with Crippen LogP contribution in [0.15, 0.2) is 55.1 Å². The number of alkyl halides is 3. The van der Waals surface area contributed by atoms with E-state index in [1.807, 2.05) is 42.3 Å². The first-order valence-corrected chi connectivity index (χ1v) is 13.0. The maximum Gasteiger partial charge on any atom is 0.393 e. The van der Waals surface area contributed by atoms with Crippen molar-refractivity contribution in [1.82, 2.24) is 20.3 Å². The van der Waals surface area contributed by atoms with Crippen molar-refractivity contribution >= 4 is 39.8 Å². The molecule has 0 amide bonds. The molecule has 0 radical (unpaired) electrons. The lowest BCUT2D eigenvalue weighted by molar-refractivity contribution is -0.126. The van der Waals surface area contributed by atoms with Crippen LogP contribution in [0.5, 0.6) is 5.75 Å². The molecular weight excluding hydrogens is 551 g/mol. The monoisotopic (exact) mass is 579 g/mol. The van der Waals surface area contributed by atoms with Gasteiger partial charge in [0.25, 0.3) is 0 Å². The molecule has 0 aliphatic heterocycles. The summed E-state index contributed by atoms with van der Waals surface area (Å²) in [6, 6.07) is 11.5. The zero-order valence-corrected chi connectivity index (χ0v) is 23.0. The van der Waals surface area contributed by atoms with Crippen molar-refractivity contribution in [1.29, 1.82) is 0 Å². The van der Waals surface area contributed by atoms with Crippen LogP contribution >= 0.6 is 23.7 Å². The number of rotatable bonds is 8. The van der Waals surface area contributed by atoms with Gasteiger partial charge in [0.05, 0.1) is 31.2 Å². The average molecular weight is 580 g/mol. The Morgan fingerprint density at radius 3 is 2.59 bits per heavy atom. The zero-order chi connectivity index (χ0) is 26.9. The summed E-state index contributed by atoms with van der Waals surface area (Å²) in [4.78, 5) is 15.4. The summed E-state index contributed by atoms with van der Waals surface area (Å²) in [5.74, 6) is 1.28. The van der Waals surface area contributed by atoms with Crippen molar-refractivity contribution in [2.45, 2.75) is 50.2 Å². The molecule has 5 rings (SSSR count). The Morgan fingerprint density at radius 2 is 1.87 bits per heavy atom. The Labute approximate surface area is 234 Å². The minimum atomic E-state index is -4.28. The van der Waals surface area contributed by atoms with Gasteiger partial charge in [0.1, 0.15) is 22.7 Å². The van der Waals surface area contributed by atoms with Crippen LogP contribution in [-0.2, 0) is 13.0 Å². The Bertz CT molecular complexity index is 1400. The van der Waals surface area contributed by atoms with Crippen LogP contribution in [0, 0.1) is 0 Å². The van der Waals surface area contributed by atoms with Gasteiger partial charge >= 0.3 is 6.18 Å². The Kier molecular flexibility index (Phi) is 8.95. The Balaban J connectivity index is 0.00000353. The van der Waals surface area contributed by atoms with E-state index in [1.54, 1.807) is 19.5 Å². The number of benzene rings is 1. The molecule has 1 aromatic carbocycles. The Morgan fingerprint density at radius 1 is 1.10 bits per heavy atom. The van der Waals surface area contributed by atoms with Crippen molar-refractivity contribution in [2.75, 3.05) is 19.1 Å². The van der Waals surface area contributed by atoms with Crippen LogP contribution in [0.3, 0.4) is 0 Å². The second-order valence-electron chi connectivity index (χ2n) is 9.52. The second kappa shape index (κ2) is 12.0. The summed E-state index contributed by atoms with van der Waals surface area (Å²) in [7, 11) is 3.48. The summed E-state index contributed by atoms with van der Waals surface area (Å²) in [5, 5.41) is 14.8. The summed E-state index contributed by atoms with van der Waals surface area (Å²) in [6.45, 7) is 0.595.